The van der Waals surface area contributed by atoms with Gasteiger partial charge in [-0.25, -0.2) is 0 Å². The molecule has 0 bridgehead atoms. The minimum Gasteiger partial charge on any atom is -0.481 e. The van der Waals surface area contributed by atoms with Gasteiger partial charge in [0, 0.05) is 20.6 Å². The number of carboxylic acids is 1. The number of ether oxygens (including phenoxy) is 2. The zero-order valence-electron chi connectivity index (χ0n) is 12.5. The first kappa shape index (κ1) is 16.9. The van der Waals surface area contributed by atoms with Crippen molar-refractivity contribution < 1.29 is 24.2 Å². The lowest BCUT2D eigenvalue weighted by Gasteiger charge is -2.33. The summed E-state index contributed by atoms with van der Waals surface area (Å²) in [6.45, 7) is 1.77. The Kier molecular flexibility index (Phi) is 6.42. The summed E-state index contributed by atoms with van der Waals surface area (Å²) in [4.78, 5) is 23.6. The second-order valence-electron chi connectivity index (χ2n) is 5.52. The maximum atomic E-state index is 12.1. The molecular weight excluding hydrogens is 262 g/mol. The van der Waals surface area contributed by atoms with Gasteiger partial charge in [-0.3, -0.25) is 9.59 Å². The second kappa shape index (κ2) is 7.59. The average Bonchev–Trinajstić information content (AvgIpc) is 2.40. The lowest BCUT2D eigenvalue weighted by atomic mass is 9.71. The van der Waals surface area contributed by atoms with E-state index in [0.29, 0.717) is 12.8 Å². The highest BCUT2D eigenvalue weighted by Crippen LogP contribution is 2.39. The zero-order chi connectivity index (χ0) is 15.2. The van der Waals surface area contributed by atoms with Gasteiger partial charge in [0.25, 0.3) is 0 Å². The molecule has 1 fully saturated rings. The van der Waals surface area contributed by atoms with Crippen LogP contribution in [0.3, 0.4) is 0 Å². The van der Waals surface area contributed by atoms with Gasteiger partial charge in [-0.2, -0.15) is 0 Å². The summed E-state index contributed by atoms with van der Waals surface area (Å²) in [5.41, 5.74) is -0.905. The van der Waals surface area contributed by atoms with Gasteiger partial charge in [0.15, 0.2) is 6.29 Å². The standard InChI is InChI=1S/C14H25NO5/c1-10(12(19-2)20-3)15-11(16)9-14(13(17)18)7-5-4-6-8-14/h10,12H,4-9H2,1-3H3,(H,15,16)(H,17,18). The number of hydrogen-bond acceptors (Lipinski definition) is 4. The molecule has 20 heavy (non-hydrogen) atoms. The number of amides is 1. The van der Waals surface area contributed by atoms with Gasteiger partial charge in [-0.1, -0.05) is 19.3 Å². The van der Waals surface area contributed by atoms with Crippen molar-refractivity contribution in [3.8, 4) is 0 Å². The number of carboxylic acid groups (broad SMARTS) is 1. The first-order valence-corrected chi connectivity index (χ1v) is 7.03. The monoisotopic (exact) mass is 287 g/mol. The van der Waals surface area contributed by atoms with Crippen molar-refractivity contribution in [3.63, 3.8) is 0 Å². The summed E-state index contributed by atoms with van der Waals surface area (Å²) in [5.74, 6) is -1.13. The van der Waals surface area contributed by atoms with Gasteiger partial charge in [-0.05, 0) is 19.8 Å². The van der Waals surface area contributed by atoms with Crippen molar-refractivity contribution in [3.05, 3.63) is 0 Å². The van der Waals surface area contributed by atoms with Crippen molar-refractivity contribution in [1.29, 1.82) is 0 Å². The van der Waals surface area contributed by atoms with E-state index in [-0.39, 0.29) is 18.4 Å². The van der Waals surface area contributed by atoms with Crippen LogP contribution in [0.25, 0.3) is 0 Å². The Labute approximate surface area is 119 Å². The van der Waals surface area contributed by atoms with Crippen LogP contribution in [0.15, 0.2) is 0 Å². The molecule has 0 heterocycles. The number of methoxy groups -OCH3 is 2. The first-order chi connectivity index (χ1) is 9.45. The number of carbonyl (C=O) groups is 2. The number of aliphatic carboxylic acids is 1. The maximum absolute atomic E-state index is 12.1. The molecule has 1 atom stereocenters. The van der Waals surface area contributed by atoms with Crippen molar-refractivity contribution in [1.82, 2.24) is 5.32 Å². The van der Waals surface area contributed by atoms with E-state index >= 15 is 0 Å². The SMILES string of the molecule is COC(OC)C(C)NC(=O)CC1(C(=O)O)CCCCC1. The van der Waals surface area contributed by atoms with Crippen molar-refractivity contribution in [2.24, 2.45) is 5.41 Å². The van der Waals surface area contributed by atoms with Crippen LogP contribution in [-0.2, 0) is 19.1 Å². The molecule has 1 aliphatic rings. The molecule has 6 heteroatoms. The molecule has 0 aromatic heterocycles. The molecule has 1 aliphatic carbocycles. The Morgan fingerprint density at radius 3 is 2.20 bits per heavy atom. The minimum atomic E-state index is -0.905. The highest BCUT2D eigenvalue weighted by molar-refractivity contribution is 5.85. The van der Waals surface area contributed by atoms with E-state index in [1.54, 1.807) is 6.92 Å². The Bertz CT molecular complexity index is 334. The lowest BCUT2D eigenvalue weighted by Crippen LogP contribution is -2.46. The third-order valence-corrected chi connectivity index (χ3v) is 4.02. The van der Waals surface area contributed by atoms with E-state index in [1.807, 2.05) is 0 Å². The molecule has 6 nitrogen and oxygen atoms in total. The minimum absolute atomic E-state index is 0.0207. The molecule has 116 valence electrons. The van der Waals surface area contributed by atoms with Crippen LogP contribution in [-0.4, -0.2) is 43.5 Å². The normalized spacial score (nSPS) is 19.6. The van der Waals surface area contributed by atoms with Gasteiger partial charge in [0.2, 0.25) is 5.91 Å². The second-order valence-corrected chi connectivity index (χ2v) is 5.52. The molecular formula is C14H25NO5. The van der Waals surface area contributed by atoms with Crippen LogP contribution >= 0.6 is 0 Å². The molecule has 0 spiro atoms. The molecule has 0 radical (unpaired) electrons. The molecule has 1 rings (SSSR count). The summed E-state index contributed by atoms with van der Waals surface area (Å²) in [6.07, 6.45) is 3.41. The fourth-order valence-corrected chi connectivity index (χ4v) is 2.88. The first-order valence-electron chi connectivity index (χ1n) is 7.03. The number of carbonyl (C=O) groups excluding carboxylic acids is 1. The number of rotatable bonds is 7. The molecule has 2 N–H and O–H groups in total. The fraction of sp³-hybridized carbons (Fsp3) is 0.857. The molecule has 0 saturated heterocycles. The topological polar surface area (TPSA) is 84.9 Å². The van der Waals surface area contributed by atoms with Gasteiger partial charge in [0.05, 0.1) is 11.5 Å². The Hall–Kier alpha value is -1.14. The molecule has 0 aliphatic heterocycles. The molecule has 0 aromatic carbocycles. The zero-order valence-corrected chi connectivity index (χ0v) is 12.5. The third kappa shape index (κ3) is 4.18. The highest BCUT2D eigenvalue weighted by atomic mass is 16.7. The van der Waals surface area contributed by atoms with E-state index in [4.69, 9.17) is 9.47 Å². The Morgan fingerprint density at radius 1 is 1.20 bits per heavy atom. The third-order valence-electron chi connectivity index (χ3n) is 4.02. The summed E-state index contributed by atoms with van der Waals surface area (Å²) in [6, 6.07) is -0.327. The van der Waals surface area contributed by atoms with Gasteiger partial charge in [-0.15, -0.1) is 0 Å². The van der Waals surface area contributed by atoms with E-state index < -0.39 is 17.7 Å². The van der Waals surface area contributed by atoms with E-state index in [9.17, 15) is 14.7 Å². The van der Waals surface area contributed by atoms with Crippen LogP contribution in [0.4, 0.5) is 0 Å². The summed E-state index contributed by atoms with van der Waals surface area (Å²) in [7, 11) is 2.99. The van der Waals surface area contributed by atoms with E-state index in [1.165, 1.54) is 14.2 Å². The Balaban J connectivity index is 2.61. The van der Waals surface area contributed by atoms with Gasteiger partial charge in [0.1, 0.15) is 0 Å². The summed E-state index contributed by atoms with van der Waals surface area (Å²) >= 11 is 0. The predicted molar refractivity (Wildman–Crippen MR) is 73.2 cm³/mol. The van der Waals surface area contributed by atoms with Gasteiger partial charge >= 0.3 is 5.97 Å². The smallest absolute Gasteiger partial charge is 0.310 e. The van der Waals surface area contributed by atoms with Crippen molar-refractivity contribution >= 4 is 11.9 Å². The van der Waals surface area contributed by atoms with E-state index in [0.717, 1.165) is 19.3 Å². The van der Waals surface area contributed by atoms with Crippen LogP contribution in [0.2, 0.25) is 0 Å². The average molecular weight is 287 g/mol. The quantitative estimate of drug-likeness (QED) is 0.694. The van der Waals surface area contributed by atoms with Crippen LogP contribution in [0.5, 0.6) is 0 Å². The van der Waals surface area contributed by atoms with Crippen LogP contribution in [0.1, 0.15) is 45.4 Å². The largest absolute Gasteiger partial charge is 0.481 e. The lowest BCUT2D eigenvalue weighted by molar-refractivity contribution is -0.155. The molecule has 1 saturated carbocycles. The molecule has 0 aromatic rings. The summed E-state index contributed by atoms with van der Waals surface area (Å²) < 4.78 is 10.1. The van der Waals surface area contributed by atoms with Crippen LogP contribution < -0.4 is 5.32 Å². The van der Waals surface area contributed by atoms with E-state index in [2.05, 4.69) is 5.32 Å². The number of nitrogens with one attached hydrogen (secondary N) is 1. The van der Waals surface area contributed by atoms with Crippen molar-refractivity contribution in [2.45, 2.75) is 57.8 Å². The Morgan fingerprint density at radius 2 is 1.75 bits per heavy atom. The molecule has 1 unspecified atom stereocenters. The predicted octanol–water partition coefficient (Wildman–Crippen LogP) is 1.54. The molecule has 1 amide bonds. The summed E-state index contributed by atoms with van der Waals surface area (Å²) in [5, 5.41) is 12.2. The van der Waals surface area contributed by atoms with Crippen molar-refractivity contribution in [2.75, 3.05) is 14.2 Å². The number of hydrogen-bond donors (Lipinski definition) is 2. The van der Waals surface area contributed by atoms with Gasteiger partial charge < -0.3 is 19.9 Å². The van der Waals surface area contributed by atoms with Crippen LogP contribution in [0, 0.1) is 5.41 Å². The maximum Gasteiger partial charge on any atom is 0.310 e. The fourth-order valence-electron chi connectivity index (χ4n) is 2.88. The highest BCUT2D eigenvalue weighted by Gasteiger charge is 2.41.